The van der Waals surface area contributed by atoms with Gasteiger partial charge in [0.05, 0.1) is 5.92 Å². The molecule has 180 valence electrons. The third-order valence-electron chi connectivity index (χ3n) is 4.91. The van der Waals surface area contributed by atoms with Crippen LogP contribution in [0.1, 0.15) is 74.1 Å². The fourth-order valence-corrected chi connectivity index (χ4v) is 3.75. The summed E-state index contributed by atoms with van der Waals surface area (Å²) in [4.78, 5) is 35.7. The van der Waals surface area contributed by atoms with Gasteiger partial charge in [-0.1, -0.05) is 0 Å². The van der Waals surface area contributed by atoms with Gasteiger partial charge in [0, 0.05) is 25.4 Å². The van der Waals surface area contributed by atoms with Crippen LogP contribution in [0.5, 0.6) is 0 Å². The SMILES string of the molecule is C[C@@H](NC(=O)OC(C)(C)C)C(CC1(CCNC(=O)OC(C)(C)C)CC(F)(F)C1)C(=O)O. The number of carboxylic acid groups (broad SMARTS) is 1. The van der Waals surface area contributed by atoms with E-state index in [1.807, 2.05) is 0 Å². The van der Waals surface area contributed by atoms with Crippen LogP contribution in [0, 0.1) is 11.3 Å². The summed E-state index contributed by atoms with van der Waals surface area (Å²) in [6.07, 6.45) is -2.28. The molecule has 10 heteroatoms. The number of alkyl carbamates (subject to hydrolysis) is 2. The lowest BCUT2D eigenvalue weighted by Gasteiger charge is -2.49. The van der Waals surface area contributed by atoms with Crippen LogP contribution in [0.2, 0.25) is 0 Å². The topological polar surface area (TPSA) is 114 Å². The average Bonchev–Trinajstić information content (AvgIpc) is 2.46. The first kappa shape index (κ1) is 26.9. The summed E-state index contributed by atoms with van der Waals surface area (Å²) >= 11 is 0. The molecule has 2 atom stereocenters. The van der Waals surface area contributed by atoms with Gasteiger partial charge in [-0.05, 0) is 66.7 Å². The van der Waals surface area contributed by atoms with Gasteiger partial charge in [-0.2, -0.15) is 0 Å². The summed E-state index contributed by atoms with van der Waals surface area (Å²) in [7, 11) is 0. The number of carboxylic acids is 1. The van der Waals surface area contributed by atoms with E-state index in [0.29, 0.717) is 0 Å². The molecule has 1 rings (SSSR count). The van der Waals surface area contributed by atoms with Gasteiger partial charge in [0.15, 0.2) is 0 Å². The van der Waals surface area contributed by atoms with Crippen LogP contribution >= 0.6 is 0 Å². The molecule has 0 spiro atoms. The molecule has 0 aromatic heterocycles. The third-order valence-corrected chi connectivity index (χ3v) is 4.91. The highest BCUT2D eigenvalue weighted by atomic mass is 19.3. The second-order valence-electron chi connectivity index (χ2n) is 10.5. The summed E-state index contributed by atoms with van der Waals surface area (Å²) in [5.41, 5.74) is -2.42. The van der Waals surface area contributed by atoms with Gasteiger partial charge < -0.3 is 25.2 Å². The molecule has 1 fully saturated rings. The van der Waals surface area contributed by atoms with Crippen LogP contribution in [-0.2, 0) is 14.3 Å². The summed E-state index contributed by atoms with van der Waals surface area (Å²) < 4.78 is 37.8. The monoisotopic (exact) mass is 450 g/mol. The van der Waals surface area contributed by atoms with Crippen molar-refractivity contribution in [3.05, 3.63) is 0 Å². The van der Waals surface area contributed by atoms with Crippen molar-refractivity contribution in [1.82, 2.24) is 10.6 Å². The van der Waals surface area contributed by atoms with Gasteiger partial charge in [0.2, 0.25) is 5.92 Å². The van der Waals surface area contributed by atoms with Crippen LogP contribution in [0.25, 0.3) is 0 Å². The summed E-state index contributed by atoms with van der Waals surface area (Å²) in [6, 6.07) is -0.836. The summed E-state index contributed by atoms with van der Waals surface area (Å²) in [6.45, 7) is 11.7. The zero-order chi connectivity index (χ0) is 24.3. The Kier molecular flexibility index (Phi) is 8.30. The Morgan fingerprint density at radius 1 is 1.00 bits per heavy atom. The van der Waals surface area contributed by atoms with Crippen molar-refractivity contribution >= 4 is 18.2 Å². The van der Waals surface area contributed by atoms with Crippen molar-refractivity contribution in [2.24, 2.45) is 11.3 Å². The maximum atomic E-state index is 13.7. The second kappa shape index (κ2) is 9.56. The number of rotatable bonds is 8. The van der Waals surface area contributed by atoms with E-state index in [4.69, 9.17) is 9.47 Å². The number of nitrogens with one attached hydrogen (secondary N) is 2. The lowest BCUT2D eigenvalue weighted by Crippen LogP contribution is -2.52. The maximum Gasteiger partial charge on any atom is 0.407 e. The smallest absolute Gasteiger partial charge is 0.407 e. The first-order chi connectivity index (χ1) is 13.8. The highest BCUT2D eigenvalue weighted by Crippen LogP contribution is 2.57. The predicted molar refractivity (Wildman–Crippen MR) is 110 cm³/mol. The number of hydrogen-bond donors (Lipinski definition) is 3. The van der Waals surface area contributed by atoms with E-state index in [9.17, 15) is 28.3 Å². The van der Waals surface area contributed by atoms with E-state index < -0.39 is 65.5 Å². The first-order valence-corrected chi connectivity index (χ1v) is 10.4. The molecule has 1 saturated carbocycles. The Hall–Kier alpha value is -2.13. The van der Waals surface area contributed by atoms with Crippen LogP contribution in [0.4, 0.5) is 18.4 Å². The lowest BCUT2D eigenvalue weighted by atomic mass is 9.59. The molecule has 1 aliphatic carbocycles. The lowest BCUT2D eigenvalue weighted by molar-refractivity contribution is -0.177. The molecule has 8 nitrogen and oxygen atoms in total. The Morgan fingerprint density at radius 2 is 1.48 bits per heavy atom. The number of aliphatic carboxylic acids is 1. The Balaban J connectivity index is 2.79. The number of amides is 2. The predicted octanol–water partition coefficient (Wildman–Crippen LogP) is 4.32. The molecule has 31 heavy (non-hydrogen) atoms. The van der Waals surface area contributed by atoms with Crippen molar-refractivity contribution in [1.29, 1.82) is 0 Å². The number of halogens is 2. The standard InChI is InChI=1S/C21H36F2N2O6/c1-13(25-17(29)31-19(5,6)7)14(15(26)27)10-20(11-21(22,23)12-20)8-9-24-16(28)30-18(2,3)4/h13-14H,8-12H2,1-7H3,(H,24,28)(H,25,29)(H,26,27)/t13-,14?/m1/s1. The molecule has 0 saturated heterocycles. The number of carbonyl (C=O) groups is 3. The van der Waals surface area contributed by atoms with Crippen LogP contribution < -0.4 is 10.6 Å². The molecule has 0 aliphatic heterocycles. The molecule has 1 aliphatic rings. The molecule has 0 heterocycles. The quantitative estimate of drug-likeness (QED) is 0.507. The minimum Gasteiger partial charge on any atom is -0.481 e. The highest BCUT2D eigenvalue weighted by molar-refractivity contribution is 5.73. The van der Waals surface area contributed by atoms with Crippen LogP contribution in [-0.4, -0.2) is 53.0 Å². The zero-order valence-corrected chi connectivity index (χ0v) is 19.4. The van der Waals surface area contributed by atoms with E-state index in [1.54, 1.807) is 41.5 Å². The Labute approximate surface area is 182 Å². The molecule has 0 bridgehead atoms. The van der Waals surface area contributed by atoms with Gasteiger partial charge in [0.1, 0.15) is 11.2 Å². The minimum absolute atomic E-state index is 0.0646. The van der Waals surface area contributed by atoms with Gasteiger partial charge in [-0.15, -0.1) is 0 Å². The fraction of sp³-hybridized carbons (Fsp3) is 0.857. The van der Waals surface area contributed by atoms with Crippen molar-refractivity contribution in [3.8, 4) is 0 Å². The largest absolute Gasteiger partial charge is 0.481 e. The van der Waals surface area contributed by atoms with Crippen molar-refractivity contribution in [2.75, 3.05) is 6.54 Å². The molecule has 1 unspecified atom stereocenters. The summed E-state index contributed by atoms with van der Waals surface area (Å²) in [5.74, 6) is -5.17. The Morgan fingerprint density at radius 3 is 1.90 bits per heavy atom. The van der Waals surface area contributed by atoms with Gasteiger partial charge in [-0.3, -0.25) is 4.79 Å². The van der Waals surface area contributed by atoms with Crippen LogP contribution in [0.15, 0.2) is 0 Å². The molecular weight excluding hydrogens is 414 g/mol. The normalized spacial score (nSPS) is 19.4. The molecule has 0 aromatic carbocycles. The number of carbonyl (C=O) groups excluding carboxylic acids is 2. The molecule has 2 amide bonds. The molecule has 0 radical (unpaired) electrons. The summed E-state index contributed by atoms with van der Waals surface area (Å²) in [5, 5.41) is 14.7. The molecule has 0 aromatic rings. The average molecular weight is 451 g/mol. The van der Waals surface area contributed by atoms with Gasteiger partial charge >= 0.3 is 18.2 Å². The van der Waals surface area contributed by atoms with E-state index >= 15 is 0 Å². The molecular formula is C21H36F2N2O6. The maximum absolute atomic E-state index is 13.7. The fourth-order valence-electron chi connectivity index (χ4n) is 3.75. The molecule has 3 N–H and O–H groups in total. The second-order valence-corrected chi connectivity index (χ2v) is 10.5. The van der Waals surface area contributed by atoms with Gasteiger partial charge in [-0.25, -0.2) is 18.4 Å². The van der Waals surface area contributed by atoms with E-state index in [0.717, 1.165) is 0 Å². The third kappa shape index (κ3) is 9.69. The number of ether oxygens (including phenoxy) is 2. The van der Waals surface area contributed by atoms with Crippen molar-refractivity contribution in [2.45, 2.75) is 97.3 Å². The van der Waals surface area contributed by atoms with Crippen molar-refractivity contribution in [3.63, 3.8) is 0 Å². The van der Waals surface area contributed by atoms with E-state index in [2.05, 4.69) is 10.6 Å². The Bertz CT molecular complexity index is 662. The van der Waals surface area contributed by atoms with Crippen LogP contribution in [0.3, 0.4) is 0 Å². The van der Waals surface area contributed by atoms with Crippen molar-refractivity contribution < 1.29 is 37.7 Å². The number of hydrogen-bond acceptors (Lipinski definition) is 5. The zero-order valence-electron chi connectivity index (χ0n) is 19.4. The highest BCUT2D eigenvalue weighted by Gasteiger charge is 2.57. The van der Waals surface area contributed by atoms with E-state index in [1.165, 1.54) is 6.92 Å². The first-order valence-electron chi connectivity index (χ1n) is 10.4. The number of alkyl halides is 2. The van der Waals surface area contributed by atoms with E-state index in [-0.39, 0.29) is 19.4 Å². The van der Waals surface area contributed by atoms with Gasteiger partial charge in [0.25, 0.3) is 0 Å². The minimum atomic E-state index is -2.88.